The number of aliphatic imine (C=N–C) groups is 1. The lowest BCUT2D eigenvalue weighted by Crippen LogP contribution is -2.40. The first-order valence-electron chi connectivity index (χ1n) is 8.94. The van der Waals surface area contributed by atoms with Gasteiger partial charge in [-0.1, -0.05) is 25.1 Å². The second-order valence-electron chi connectivity index (χ2n) is 6.36. The molecule has 0 heterocycles. The van der Waals surface area contributed by atoms with Gasteiger partial charge in [-0.05, 0) is 31.7 Å². The van der Waals surface area contributed by atoms with E-state index in [1.807, 2.05) is 38.1 Å². The Morgan fingerprint density at radius 3 is 2.69 bits per heavy atom. The van der Waals surface area contributed by atoms with Crippen LogP contribution in [0.4, 0.5) is 0 Å². The van der Waals surface area contributed by atoms with E-state index >= 15 is 0 Å². The van der Waals surface area contributed by atoms with Crippen molar-refractivity contribution in [1.29, 1.82) is 0 Å². The quantitative estimate of drug-likeness (QED) is 0.249. The number of esters is 1. The van der Waals surface area contributed by atoms with Crippen LogP contribution >= 0.6 is 24.0 Å². The van der Waals surface area contributed by atoms with Crippen LogP contribution in [0.2, 0.25) is 0 Å². The van der Waals surface area contributed by atoms with Gasteiger partial charge in [0.05, 0.1) is 26.2 Å². The average molecular weight is 475 g/mol. The van der Waals surface area contributed by atoms with E-state index in [0.717, 1.165) is 30.4 Å². The number of carbonyl (C=O) groups is 1. The molecule has 0 bridgehead atoms. The number of ether oxygens (including phenoxy) is 2. The molecular formula is C19H30IN3O3. The Hall–Kier alpha value is -1.51. The highest BCUT2D eigenvalue weighted by Gasteiger charge is 2.22. The van der Waals surface area contributed by atoms with Gasteiger partial charge in [-0.3, -0.25) is 4.79 Å². The van der Waals surface area contributed by atoms with Gasteiger partial charge in [0.2, 0.25) is 0 Å². The topological polar surface area (TPSA) is 72.0 Å². The summed E-state index contributed by atoms with van der Waals surface area (Å²) in [6.07, 6.45) is 2.54. The van der Waals surface area contributed by atoms with Gasteiger partial charge >= 0.3 is 5.97 Å². The lowest BCUT2D eigenvalue weighted by molar-refractivity contribution is -0.144. The third-order valence-electron chi connectivity index (χ3n) is 4.08. The Kier molecular flexibility index (Phi) is 10.4. The van der Waals surface area contributed by atoms with Crippen LogP contribution < -0.4 is 15.4 Å². The van der Waals surface area contributed by atoms with Crippen LogP contribution in [0.1, 0.15) is 32.3 Å². The first-order chi connectivity index (χ1) is 12.1. The number of guanidine groups is 1. The van der Waals surface area contributed by atoms with E-state index in [2.05, 4.69) is 15.6 Å². The van der Waals surface area contributed by atoms with Crippen molar-refractivity contribution in [3.63, 3.8) is 0 Å². The van der Waals surface area contributed by atoms with Crippen molar-refractivity contribution in [3.8, 4) is 5.75 Å². The van der Waals surface area contributed by atoms with Crippen molar-refractivity contribution in [2.24, 2.45) is 16.8 Å². The minimum Gasteiger partial charge on any atom is -0.493 e. The molecule has 1 aromatic carbocycles. The molecule has 26 heavy (non-hydrogen) atoms. The number of benzene rings is 1. The number of halogens is 1. The van der Waals surface area contributed by atoms with Crippen LogP contribution in [0.25, 0.3) is 0 Å². The van der Waals surface area contributed by atoms with Crippen molar-refractivity contribution in [2.75, 3.05) is 26.8 Å². The molecule has 0 amide bonds. The smallest absolute Gasteiger partial charge is 0.310 e. The third kappa shape index (κ3) is 7.80. The van der Waals surface area contributed by atoms with E-state index in [1.165, 1.54) is 20.0 Å². The molecule has 1 unspecified atom stereocenters. The highest BCUT2D eigenvalue weighted by atomic mass is 127. The lowest BCUT2D eigenvalue weighted by Gasteiger charge is -2.15. The maximum absolute atomic E-state index is 11.5. The molecule has 0 aromatic heterocycles. The summed E-state index contributed by atoms with van der Waals surface area (Å²) >= 11 is 0. The van der Waals surface area contributed by atoms with Gasteiger partial charge in [0, 0.05) is 18.7 Å². The molecule has 1 aliphatic rings. The Labute approximate surface area is 173 Å². The van der Waals surface area contributed by atoms with E-state index < -0.39 is 0 Å². The average Bonchev–Trinajstić information content (AvgIpc) is 3.46. The number of rotatable bonds is 9. The molecule has 2 rings (SSSR count). The van der Waals surface area contributed by atoms with Crippen molar-refractivity contribution in [2.45, 2.75) is 33.2 Å². The third-order valence-corrected chi connectivity index (χ3v) is 4.08. The summed E-state index contributed by atoms with van der Waals surface area (Å²) in [5.74, 6) is 1.83. The summed E-state index contributed by atoms with van der Waals surface area (Å²) in [5, 5.41) is 6.37. The normalized spacial score (nSPS) is 14.8. The van der Waals surface area contributed by atoms with Gasteiger partial charge in [0.25, 0.3) is 0 Å². The SMILES string of the molecule is CCNC(=NCc1ccccc1OCC1CC1)NCC(C)C(=O)OC.I. The first-order valence-corrected chi connectivity index (χ1v) is 8.94. The van der Waals surface area contributed by atoms with Crippen LogP contribution in [-0.4, -0.2) is 38.7 Å². The molecule has 146 valence electrons. The van der Waals surface area contributed by atoms with Gasteiger partial charge in [-0.25, -0.2) is 4.99 Å². The van der Waals surface area contributed by atoms with Crippen molar-refractivity contribution in [3.05, 3.63) is 29.8 Å². The molecule has 1 atom stereocenters. The zero-order valence-electron chi connectivity index (χ0n) is 15.8. The zero-order valence-corrected chi connectivity index (χ0v) is 18.1. The van der Waals surface area contributed by atoms with Gasteiger partial charge in [0.15, 0.2) is 5.96 Å². The highest BCUT2D eigenvalue weighted by molar-refractivity contribution is 14.0. The summed E-state index contributed by atoms with van der Waals surface area (Å²) < 4.78 is 10.7. The van der Waals surface area contributed by atoms with Gasteiger partial charge < -0.3 is 20.1 Å². The largest absolute Gasteiger partial charge is 0.493 e. The van der Waals surface area contributed by atoms with E-state index in [4.69, 9.17) is 9.47 Å². The predicted molar refractivity (Wildman–Crippen MR) is 114 cm³/mol. The molecule has 1 fully saturated rings. The second-order valence-corrected chi connectivity index (χ2v) is 6.36. The van der Waals surface area contributed by atoms with E-state index in [9.17, 15) is 4.79 Å². The van der Waals surface area contributed by atoms with Gasteiger partial charge in [-0.2, -0.15) is 0 Å². The number of carbonyl (C=O) groups excluding carboxylic acids is 1. The number of hydrogen-bond acceptors (Lipinski definition) is 4. The van der Waals surface area contributed by atoms with Crippen LogP contribution in [0.3, 0.4) is 0 Å². The molecule has 1 aliphatic carbocycles. The van der Waals surface area contributed by atoms with Crippen LogP contribution in [0.5, 0.6) is 5.75 Å². The van der Waals surface area contributed by atoms with Gasteiger partial charge in [0.1, 0.15) is 5.75 Å². The van der Waals surface area contributed by atoms with Crippen LogP contribution in [-0.2, 0) is 16.1 Å². The molecule has 1 aromatic rings. The van der Waals surface area contributed by atoms with Crippen LogP contribution in [0, 0.1) is 11.8 Å². The summed E-state index contributed by atoms with van der Waals surface area (Å²) in [4.78, 5) is 16.1. The van der Waals surface area contributed by atoms with Crippen LogP contribution in [0.15, 0.2) is 29.3 Å². The Morgan fingerprint density at radius 2 is 2.04 bits per heavy atom. The molecule has 7 heteroatoms. The second kappa shape index (κ2) is 12.0. The fourth-order valence-corrected chi connectivity index (χ4v) is 2.31. The maximum atomic E-state index is 11.5. The maximum Gasteiger partial charge on any atom is 0.310 e. The number of nitrogens with one attached hydrogen (secondary N) is 2. The van der Waals surface area contributed by atoms with Crippen molar-refractivity contribution < 1.29 is 14.3 Å². The Morgan fingerprint density at radius 1 is 1.31 bits per heavy atom. The molecule has 2 N–H and O–H groups in total. The Balaban J connectivity index is 0.00000338. The van der Waals surface area contributed by atoms with Crippen molar-refractivity contribution >= 4 is 35.9 Å². The summed E-state index contributed by atoms with van der Waals surface area (Å²) in [7, 11) is 1.40. The fraction of sp³-hybridized carbons (Fsp3) is 0.579. The first kappa shape index (κ1) is 22.5. The lowest BCUT2D eigenvalue weighted by atomic mass is 10.2. The minimum atomic E-state index is -0.234. The zero-order chi connectivity index (χ0) is 18.1. The number of para-hydroxylation sites is 1. The summed E-state index contributed by atoms with van der Waals surface area (Å²) in [6, 6.07) is 8.00. The predicted octanol–water partition coefficient (Wildman–Crippen LogP) is 2.96. The molecule has 0 spiro atoms. The van der Waals surface area contributed by atoms with Crippen molar-refractivity contribution in [1.82, 2.24) is 10.6 Å². The van der Waals surface area contributed by atoms with E-state index in [0.29, 0.717) is 19.0 Å². The molecule has 0 aliphatic heterocycles. The standard InChI is InChI=1S/C19H29N3O3.HI/c1-4-20-19(21-11-14(2)18(23)24-3)22-12-16-7-5-6-8-17(16)25-13-15-9-10-15;/h5-8,14-15H,4,9-13H2,1-3H3,(H2,20,21,22);1H. The molecule has 1 saturated carbocycles. The summed E-state index contributed by atoms with van der Waals surface area (Å²) in [6.45, 7) is 6.35. The molecular weight excluding hydrogens is 445 g/mol. The minimum absolute atomic E-state index is 0. The van der Waals surface area contributed by atoms with E-state index in [1.54, 1.807) is 0 Å². The fourth-order valence-electron chi connectivity index (χ4n) is 2.31. The van der Waals surface area contributed by atoms with Gasteiger partial charge in [-0.15, -0.1) is 24.0 Å². The number of nitrogens with zero attached hydrogens (tertiary/aromatic N) is 1. The summed E-state index contributed by atoms with van der Waals surface area (Å²) in [5.41, 5.74) is 1.06. The number of hydrogen-bond donors (Lipinski definition) is 2. The number of methoxy groups -OCH3 is 1. The highest BCUT2D eigenvalue weighted by Crippen LogP contribution is 2.30. The molecule has 0 saturated heterocycles. The molecule has 0 radical (unpaired) electrons. The van der Waals surface area contributed by atoms with E-state index in [-0.39, 0.29) is 35.9 Å². The monoisotopic (exact) mass is 475 g/mol. The Bertz CT molecular complexity index is 591. The molecule has 6 nitrogen and oxygen atoms in total.